The Labute approximate surface area is 125 Å². The number of rotatable bonds is 3. The fraction of sp³-hybridized carbons (Fsp3) is 0.250. The van der Waals surface area contributed by atoms with Crippen molar-refractivity contribution in [3.8, 4) is 10.6 Å². The molecule has 0 aliphatic carbocycles. The number of nitrogens with zero attached hydrogens (tertiary/aromatic N) is 3. The molecule has 1 fully saturated rings. The summed E-state index contributed by atoms with van der Waals surface area (Å²) in [7, 11) is -3.73. The first-order valence-electron chi connectivity index (χ1n) is 6.16. The van der Waals surface area contributed by atoms with Crippen molar-refractivity contribution in [2.24, 2.45) is 5.14 Å². The van der Waals surface area contributed by atoms with Gasteiger partial charge in [0.25, 0.3) is 0 Å². The van der Waals surface area contributed by atoms with Crippen LogP contribution in [0, 0.1) is 0 Å². The number of nitrogens with two attached hydrogens (primary N) is 1. The number of hydrogen-bond donors (Lipinski definition) is 1. The van der Waals surface area contributed by atoms with Crippen molar-refractivity contribution in [2.75, 3.05) is 11.4 Å². The first kappa shape index (κ1) is 14.1. The van der Waals surface area contributed by atoms with Gasteiger partial charge in [-0.15, -0.1) is 10.2 Å². The molecule has 0 saturated carbocycles. The van der Waals surface area contributed by atoms with Gasteiger partial charge >= 0.3 is 0 Å². The first-order chi connectivity index (χ1) is 9.95. The average Bonchev–Trinajstić information content (AvgIpc) is 3.05. The Morgan fingerprint density at radius 2 is 1.95 bits per heavy atom. The van der Waals surface area contributed by atoms with Crippen molar-refractivity contribution in [2.45, 2.75) is 11.7 Å². The van der Waals surface area contributed by atoms with Crippen molar-refractivity contribution in [3.05, 3.63) is 30.3 Å². The van der Waals surface area contributed by atoms with Gasteiger partial charge in [0, 0.05) is 18.5 Å². The van der Waals surface area contributed by atoms with Crippen molar-refractivity contribution in [3.63, 3.8) is 0 Å². The van der Waals surface area contributed by atoms with Crippen LogP contribution in [-0.2, 0) is 14.8 Å². The maximum atomic E-state index is 11.9. The molecule has 2 heterocycles. The van der Waals surface area contributed by atoms with Crippen molar-refractivity contribution < 1.29 is 13.2 Å². The Morgan fingerprint density at radius 1 is 1.24 bits per heavy atom. The summed E-state index contributed by atoms with van der Waals surface area (Å²) in [6.07, 6.45) is -0.112. The molecule has 1 aromatic heterocycles. The smallest absolute Gasteiger partial charge is 0.230 e. The third-order valence-corrected chi connectivity index (χ3v) is 5.46. The fourth-order valence-electron chi connectivity index (χ4n) is 2.10. The Hall–Kier alpha value is -1.84. The van der Waals surface area contributed by atoms with Gasteiger partial charge in [-0.05, 0) is 0 Å². The van der Waals surface area contributed by atoms with E-state index in [9.17, 15) is 13.2 Å². The summed E-state index contributed by atoms with van der Waals surface area (Å²) >= 11 is 1.25. The third-order valence-electron chi connectivity index (χ3n) is 3.22. The normalized spacial score (nSPS) is 19.2. The summed E-state index contributed by atoms with van der Waals surface area (Å²) in [5.74, 6) is -0.301. The minimum absolute atomic E-state index is 0.0289. The molecule has 7 nitrogen and oxygen atoms in total. The molecular formula is C12H12N4O3S2. The van der Waals surface area contributed by atoms with Crippen LogP contribution in [0.25, 0.3) is 10.6 Å². The summed E-state index contributed by atoms with van der Waals surface area (Å²) in [6.45, 7) is 0.0289. The molecule has 1 saturated heterocycles. The maximum Gasteiger partial charge on any atom is 0.230 e. The highest BCUT2D eigenvalue weighted by Gasteiger charge is 2.38. The molecule has 0 bridgehead atoms. The van der Waals surface area contributed by atoms with E-state index in [0.29, 0.717) is 10.1 Å². The van der Waals surface area contributed by atoms with Crippen molar-refractivity contribution in [1.82, 2.24) is 10.2 Å². The van der Waals surface area contributed by atoms with Crippen LogP contribution in [0.4, 0.5) is 5.13 Å². The second-order valence-corrected chi connectivity index (χ2v) is 7.48. The summed E-state index contributed by atoms with van der Waals surface area (Å²) in [6, 6.07) is 9.45. The molecule has 0 radical (unpaired) electrons. The predicted molar refractivity (Wildman–Crippen MR) is 79.2 cm³/mol. The van der Waals surface area contributed by atoms with E-state index in [2.05, 4.69) is 10.2 Å². The van der Waals surface area contributed by atoms with Gasteiger partial charge in [-0.25, -0.2) is 13.6 Å². The van der Waals surface area contributed by atoms with E-state index in [-0.39, 0.29) is 18.9 Å². The summed E-state index contributed by atoms with van der Waals surface area (Å²) in [4.78, 5) is 13.3. The topological polar surface area (TPSA) is 106 Å². The van der Waals surface area contributed by atoms with E-state index in [4.69, 9.17) is 5.14 Å². The summed E-state index contributed by atoms with van der Waals surface area (Å²) < 4.78 is 22.7. The number of aromatic nitrogens is 2. The molecule has 1 aliphatic rings. The van der Waals surface area contributed by atoms with E-state index in [1.54, 1.807) is 0 Å². The van der Waals surface area contributed by atoms with E-state index in [0.717, 1.165) is 5.56 Å². The summed E-state index contributed by atoms with van der Waals surface area (Å²) in [5.41, 5.74) is 0.899. The molecule has 1 atom stereocenters. The highest BCUT2D eigenvalue weighted by Crippen LogP contribution is 2.31. The van der Waals surface area contributed by atoms with Gasteiger partial charge in [-0.2, -0.15) is 0 Å². The van der Waals surface area contributed by atoms with Crippen LogP contribution in [0.1, 0.15) is 6.42 Å². The molecule has 0 spiro atoms. The number of anilines is 1. The van der Waals surface area contributed by atoms with E-state index in [1.807, 2.05) is 30.3 Å². The first-order valence-corrected chi connectivity index (χ1v) is 8.58. The lowest BCUT2D eigenvalue weighted by Crippen LogP contribution is -2.32. The van der Waals surface area contributed by atoms with E-state index in [1.165, 1.54) is 16.2 Å². The molecule has 1 unspecified atom stereocenters. The lowest BCUT2D eigenvalue weighted by molar-refractivity contribution is -0.117. The number of carbonyl (C=O) groups is 1. The molecule has 1 aromatic carbocycles. The lowest BCUT2D eigenvalue weighted by atomic mass is 10.2. The lowest BCUT2D eigenvalue weighted by Gasteiger charge is -2.10. The second kappa shape index (κ2) is 5.17. The Morgan fingerprint density at radius 3 is 2.57 bits per heavy atom. The standard InChI is InChI=1S/C12H12N4O3S2/c13-21(18,19)9-6-10(17)16(7-9)12-15-14-11(20-12)8-4-2-1-3-5-8/h1-5,9H,6-7H2,(H2,13,18,19). The second-order valence-electron chi connectivity index (χ2n) is 4.68. The molecule has 3 rings (SSSR count). The number of hydrogen-bond acceptors (Lipinski definition) is 6. The molecule has 110 valence electrons. The van der Waals surface area contributed by atoms with Crippen LogP contribution in [0.15, 0.2) is 30.3 Å². The van der Waals surface area contributed by atoms with Gasteiger partial charge in [-0.3, -0.25) is 9.69 Å². The molecule has 1 aliphatic heterocycles. The zero-order chi connectivity index (χ0) is 15.0. The highest BCUT2D eigenvalue weighted by atomic mass is 32.2. The molecule has 21 heavy (non-hydrogen) atoms. The van der Waals surface area contributed by atoms with Crippen LogP contribution in [0.2, 0.25) is 0 Å². The number of primary sulfonamides is 1. The minimum atomic E-state index is -3.73. The zero-order valence-electron chi connectivity index (χ0n) is 10.8. The SMILES string of the molecule is NS(=O)(=O)C1CC(=O)N(c2nnc(-c3ccccc3)s2)C1. The minimum Gasteiger partial charge on any atom is -0.285 e. The monoisotopic (exact) mass is 324 g/mol. The largest absolute Gasteiger partial charge is 0.285 e. The maximum absolute atomic E-state index is 11.9. The van der Waals surface area contributed by atoms with Gasteiger partial charge in [0.2, 0.25) is 21.1 Å². The quantitative estimate of drug-likeness (QED) is 0.890. The molecule has 9 heteroatoms. The Balaban J connectivity index is 1.86. The van der Waals surface area contributed by atoms with Crippen molar-refractivity contribution >= 4 is 32.4 Å². The molecule has 2 aromatic rings. The van der Waals surface area contributed by atoms with Gasteiger partial charge in [0.05, 0.1) is 0 Å². The fourth-order valence-corrected chi connectivity index (χ4v) is 3.71. The number of sulfonamides is 1. The van der Waals surface area contributed by atoms with Crippen LogP contribution < -0.4 is 10.0 Å². The number of carbonyl (C=O) groups excluding carboxylic acids is 1. The average molecular weight is 324 g/mol. The zero-order valence-corrected chi connectivity index (χ0v) is 12.5. The van der Waals surface area contributed by atoms with Crippen LogP contribution >= 0.6 is 11.3 Å². The van der Waals surface area contributed by atoms with E-state index >= 15 is 0 Å². The van der Waals surface area contributed by atoms with Gasteiger partial charge in [-0.1, -0.05) is 41.7 Å². The third kappa shape index (κ3) is 2.80. The Bertz CT molecular complexity index is 773. The van der Waals surface area contributed by atoms with Crippen LogP contribution in [0.5, 0.6) is 0 Å². The molecular weight excluding hydrogens is 312 g/mol. The van der Waals surface area contributed by atoms with Crippen LogP contribution in [0.3, 0.4) is 0 Å². The van der Waals surface area contributed by atoms with Crippen molar-refractivity contribution in [1.29, 1.82) is 0 Å². The van der Waals surface area contributed by atoms with Gasteiger partial charge in [0.15, 0.2) is 0 Å². The molecule has 1 amide bonds. The van der Waals surface area contributed by atoms with Crippen LogP contribution in [-0.4, -0.2) is 36.3 Å². The van der Waals surface area contributed by atoms with Gasteiger partial charge < -0.3 is 0 Å². The van der Waals surface area contributed by atoms with E-state index < -0.39 is 15.3 Å². The number of amides is 1. The Kier molecular flexibility index (Phi) is 3.47. The number of benzene rings is 1. The van der Waals surface area contributed by atoms with Gasteiger partial charge in [0.1, 0.15) is 10.3 Å². The molecule has 2 N–H and O–H groups in total. The highest BCUT2D eigenvalue weighted by molar-refractivity contribution is 7.89. The summed E-state index contributed by atoms with van der Waals surface area (Å²) in [5, 5.41) is 13.3. The predicted octanol–water partition coefficient (Wildman–Crippen LogP) is 0.599.